The summed E-state index contributed by atoms with van der Waals surface area (Å²) in [6.07, 6.45) is 10.4. The van der Waals surface area contributed by atoms with E-state index in [-0.39, 0.29) is 18.0 Å². The van der Waals surface area contributed by atoms with E-state index < -0.39 is 12.6 Å². The molecule has 6 nitrogen and oxygen atoms in total. The second kappa shape index (κ2) is 11.3. The van der Waals surface area contributed by atoms with Gasteiger partial charge in [-0.3, -0.25) is 0 Å². The molecule has 0 aliphatic carbocycles. The molecule has 1 aromatic rings. The first kappa shape index (κ1) is 23.4. The number of ether oxygens (including phenoxy) is 1. The molecule has 1 N–H and O–H groups in total. The highest BCUT2D eigenvalue weighted by molar-refractivity contribution is 6.00. The quantitative estimate of drug-likeness (QED) is 0.436. The number of fused-ring (bicyclic) bond motifs is 1. The number of allylic oxidation sites excluding steroid dienone is 3. The van der Waals surface area contributed by atoms with Crippen LogP contribution < -0.4 is 0 Å². The highest BCUT2D eigenvalue weighted by atomic mass is 16.6. The largest absolute Gasteiger partial charge is 0.479 e. The molecule has 1 heterocycles. The Morgan fingerprint density at radius 2 is 1.97 bits per heavy atom. The van der Waals surface area contributed by atoms with Crippen LogP contribution in [0.4, 0.5) is 0 Å². The first-order valence-corrected chi connectivity index (χ1v) is 10.3. The van der Waals surface area contributed by atoms with E-state index in [2.05, 4.69) is 17.3 Å². The molecule has 1 atom stereocenters. The Balaban J connectivity index is 2.46. The lowest BCUT2D eigenvalue weighted by molar-refractivity contribution is -0.142. The maximum absolute atomic E-state index is 13.1. The van der Waals surface area contributed by atoms with Crippen LogP contribution >= 0.6 is 0 Å². The van der Waals surface area contributed by atoms with Gasteiger partial charge in [0.2, 0.25) is 6.61 Å². The van der Waals surface area contributed by atoms with Crippen LogP contribution in [-0.2, 0) is 20.8 Å². The Morgan fingerprint density at radius 3 is 2.67 bits per heavy atom. The lowest BCUT2D eigenvalue weighted by Gasteiger charge is -2.22. The Hall–Kier alpha value is -2.89. The number of aryl methyl sites for hydroxylation is 2. The molecule has 0 amide bonds. The number of benzene rings is 1. The SMILES string of the molecule is Cc1cc(C)c2c(c1)CC(=N/OCC(=O)O)/C=C/CC/C=C/C[C@@H](C(C)C)OC2=O. The number of hydrogen-bond donors (Lipinski definition) is 1. The van der Waals surface area contributed by atoms with Gasteiger partial charge in [-0.15, -0.1) is 0 Å². The lowest BCUT2D eigenvalue weighted by Crippen LogP contribution is -2.25. The zero-order chi connectivity index (χ0) is 22.1. The average Bonchev–Trinajstić information content (AvgIpc) is 2.64. The van der Waals surface area contributed by atoms with E-state index in [9.17, 15) is 9.59 Å². The van der Waals surface area contributed by atoms with Gasteiger partial charge in [0.15, 0.2) is 0 Å². The summed E-state index contributed by atoms with van der Waals surface area (Å²) in [5.74, 6) is -1.24. The van der Waals surface area contributed by atoms with E-state index >= 15 is 0 Å². The number of aliphatic carboxylic acids is 1. The Kier molecular flexibility index (Phi) is 8.84. The number of nitrogens with zero attached hydrogens (tertiary/aromatic N) is 1. The molecular formula is C24H31NO5. The zero-order valence-electron chi connectivity index (χ0n) is 18.2. The van der Waals surface area contributed by atoms with Crippen LogP contribution in [0.25, 0.3) is 0 Å². The number of carboxylic acid groups (broad SMARTS) is 1. The predicted octanol–water partition coefficient (Wildman–Crippen LogP) is 4.78. The van der Waals surface area contributed by atoms with Crippen LogP contribution in [0.15, 0.2) is 41.6 Å². The van der Waals surface area contributed by atoms with Crippen LogP contribution in [0.1, 0.15) is 60.2 Å². The smallest absolute Gasteiger partial charge is 0.344 e. The van der Waals surface area contributed by atoms with E-state index in [1.54, 1.807) is 0 Å². The summed E-state index contributed by atoms with van der Waals surface area (Å²) in [6.45, 7) is 7.45. The van der Waals surface area contributed by atoms with Gasteiger partial charge in [0.1, 0.15) is 6.10 Å². The van der Waals surface area contributed by atoms with Gasteiger partial charge in [-0.25, -0.2) is 9.59 Å². The fourth-order valence-electron chi connectivity index (χ4n) is 3.39. The van der Waals surface area contributed by atoms with E-state index in [0.717, 1.165) is 29.5 Å². The van der Waals surface area contributed by atoms with Gasteiger partial charge in [0, 0.05) is 12.8 Å². The van der Waals surface area contributed by atoms with Gasteiger partial charge >= 0.3 is 11.9 Å². The molecule has 0 radical (unpaired) electrons. The molecule has 162 valence electrons. The third-order valence-electron chi connectivity index (χ3n) is 4.85. The number of oxime groups is 1. The molecule has 0 fully saturated rings. The summed E-state index contributed by atoms with van der Waals surface area (Å²) in [6, 6.07) is 3.90. The second-order valence-corrected chi connectivity index (χ2v) is 7.92. The van der Waals surface area contributed by atoms with Gasteiger partial charge in [0.05, 0.1) is 11.3 Å². The van der Waals surface area contributed by atoms with E-state index in [1.807, 2.05) is 52.0 Å². The minimum atomic E-state index is -1.09. The zero-order valence-corrected chi connectivity index (χ0v) is 18.2. The number of carbonyl (C=O) groups excluding carboxylic acids is 1. The maximum Gasteiger partial charge on any atom is 0.344 e. The molecule has 2 rings (SSSR count). The van der Waals surface area contributed by atoms with Crippen LogP contribution in [-0.4, -0.2) is 35.5 Å². The van der Waals surface area contributed by atoms with Crippen molar-refractivity contribution >= 4 is 17.7 Å². The lowest BCUT2D eigenvalue weighted by atomic mass is 9.94. The molecule has 1 aliphatic heterocycles. The van der Waals surface area contributed by atoms with Crippen molar-refractivity contribution in [1.29, 1.82) is 0 Å². The first-order chi connectivity index (χ1) is 14.3. The van der Waals surface area contributed by atoms with Crippen molar-refractivity contribution in [3.63, 3.8) is 0 Å². The predicted molar refractivity (Wildman–Crippen MR) is 117 cm³/mol. The number of esters is 1. The highest BCUT2D eigenvalue weighted by Crippen LogP contribution is 2.23. The summed E-state index contributed by atoms with van der Waals surface area (Å²) in [7, 11) is 0. The van der Waals surface area contributed by atoms with Crippen molar-refractivity contribution in [2.24, 2.45) is 11.1 Å². The first-order valence-electron chi connectivity index (χ1n) is 10.3. The Bertz CT molecular complexity index is 851. The monoisotopic (exact) mass is 413 g/mol. The molecule has 0 saturated heterocycles. The molecule has 1 aliphatic rings. The van der Waals surface area contributed by atoms with Gasteiger partial charge in [-0.1, -0.05) is 54.9 Å². The summed E-state index contributed by atoms with van der Waals surface area (Å²) in [5, 5.41) is 12.8. The van der Waals surface area contributed by atoms with E-state index in [0.29, 0.717) is 24.1 Å². The molecule has 0 unspecified atom stereocenters. The Labute approximate surface area is 178 Å². The standard InChI is InChI=1S/C24H31NO5/c1-16(2)21-11-9-7-5-6-8-10-20(25-29-15-22(26)27)14-19-13-17(3)12-18(4)23(19)24(28)30-21/h7-10,12-13,16,21H,5-6,11,14-15H2,1-4H3,(H,26,27)/b9-7+,10-8+,25-20+/t21-/m0/s1. The normalized spacial score (nSPS) is 21.4. The molecule has 6 heteroatoms. The number of rotatable bonds is 4. The minimum absolute atomic E-state index is 0.196. The van der Waals surface area contributed by atoms with Crippen molar-refractivity contribution in [2.45, 2.75) is 59.5 Å². The second-order valence-electron chi connectivity index (χ2n) is 7.92. The van der Waals surface area contributed by atoms with Crippen molar-refractivity contribution < 1.29 is 24.3 Å². The maximum atomic E-state index is 13.1. The molecule has 0 saturated carbocycles. The fraction of sp³-hybridized carbons (Fsp3) is 0.458. The van der Waals surface area contributed by atoms with Gasteiger partial charge < -0.3 is 14.7 Å². The molecule has 0 bridgehead atoms. The molecule has 0 spiro atoms. The van der Waals surface area contributed by atoms with Crippen LogP contribution in [0.5, 0.6) is 0 Å². The van der Waals surface area contributed by atoms with Gasteiger partial charge in [0.25, 0.3) is 0 Å². The van der Waals surface area contributed by atoms with Crippen LogP contribution in [0, 0.1) is 19.8 Å². The van der Waals surface area contributed by atoms with Crippen molar-refractivity contribution in [3.05, 3.63) is 58.7 Å². The molecule has 0 aromatic heterocycles. The summed E-state index contributed by atoms with van der Waals surface area (Å²) < 4.78 is 5.89. The topological polar surface area (TPSA) is 85.2 Å². The summed E-state index contributed by atoms with van der Waals surface area (Å²) >= 11 is 0. The van der Waals surface area contributed by atoms with Gasteiger partial charge in [-0.05, 0) is 49.8 Å². The highest BCUT2D eigenvalue weighted by Gasteiger charge is 2.23. The van der Waals surface area contributed by atoms with Crippen LogP contribution in [0.3, 0.4) is 0 Å². The average molecular weight is 414 g/mol. The molecular weight excluding hydrogens is 382 g/mol. The third kappa shape index (κ3) is 7.17. The molecule has 1 aromatic carbocycles. The number of hydrogen-bond acceptors (Lipinski definition) is 5. The number of carboxylic acids is 1. The number of carbonyl (C=O) groups is 2. The molecule has 30 heavy (non-hydrogen) atoms. The van der Waals surface area contributed by atoms with Gasteiger partial charge in [-0.2, -0.15) is 0 Å². The summed E-state index contributed by atoms with van der Waals surface area (Å²) in [4.78, 5) is 28.8. The van der Waals surface area contributed by atoms with Crippen molar-refractivity contribution in [3.8, 4) is 0 Å². The van der Waals surface area contributed by atoms with E-state index in [1.165, 1.54) is 0 Å². The summed E-state index contributed by atoms with van der Waals surface area (Å²) in [5.41, 5.74) is 3.74. The van der Waals surface area contributed by atoms with E-state index in [4.69, 9.17) is 14.7 Å². The third-order valence-corrected chi connectivity index (χ3v) is 4.85. The van der Waals surface area contributed by atoms with Crippen molar-refractivity contribution in [2.75, 3.05) is 6.61 Å². The fourth-order valence-corrected chi connectivity index (χ4v) is 3.39. The number of cyclic esters (lactones) is 1. The minimum Gasteiger partial charge on any atom is -0.479 e. The Morgan fingerprint density at radius 1 is 1.23 bits per heavy atom. The van der Waals surface area contributed by atoms with Crippen molar-refractivity contribution in [1.82, 2.24) is 0 Å². The van der Waals surface area contributed by atoms with Crippen LogP contribution in [0.2, 0.25) is 0 Å².